The monoisotopic (exact) mass is 539 g/mol. The van der Waals surface area contributed by atoms with Crippen molar-refractivity contribution in [3.8, 4) is 0 Å². The number of carbonyl (C=O) groups is 1. The molecular weight excluding hydrogens is 509 g/mol. The number of carbonyl (C=O) groups excluding carboxylic acids is 1. The molecule has 1 aliphatic rings. The standard InChI is InChI=1S/C24H31Cl2N5O3S/c1-4-18(26)19(34-10-6-7-31-8-11-33-12-9-31)13-16(15(3)25)21-17-14-20(22(32)28-5-2)35-23(17)30-24(27)29-21/h13-14H,3-12H2,1-2H3,(H,28,32)(H2,27,29,30)/b16-13+,19-18-. The summed E-state index contributed by atoms with van der Waals surface area (Å²) in [6.07, 6.45) is 3.16. The third-order valence-corrected chi connectivity index (χ3v) is 7.04. The molecule has 3 heterocycles. The van der Waals surface area contributed by atoms with Gasteiger partial charge in [-0.1, -0.05) is 36.7 Å². The fraction of sp³-hybridized carbons (Fsp3) is 0.458. The highest BCUT2D eigenvalue weighted by molar-refractivity contribution is 7.20. The van der Waals surface area contributed by atoms with Crippen LogP contribution in [0.25, 0.3) is 15.8 Å². The zero-order chi connectivity index (χ0) is 25.4. The number of nitrogens with two attached hydrogens (primary N) is 1. The normalized spacial score (nSPS) is 15.7. The molecule has 190 valence electrons. The number of ether oxygens (including phenoxy) is 2. The van der Waals surface area contributed by atoms with E-state index in [0.717, 1.165) is 39.3 Å². The highest BCUT2D eigenvalue weighted by Gasteiger charge is 2.19. The molecule has 8 nitrogen and oxygen atoms in total. The van der Waals surface area contributed by atoms with E-state index in [9.17, 15) is 4.79 Å². The van der Waals surface area contributed by atoms with E-state index in [2.05, 4.69) is 26.8 Å². The van der Waals surface area contributed by atoms with Crippen molar-refractivity contribution in [2.75, 3.05) is 51.7 Å². The van der Waals surface area contributed by atoms with Crippen LogP contribution in [-0.4, -0.2) is 66.8 Å². The fourth-order valence-electron chi connectivity index (χ4n) is 3.58. The first-order valence-electron chi connectivity index (χ1n) is 11.6. The van der Waals surface area contributed by atoms with Gasteiger partial charge in [0.05, 0.1) is 35.4 Å². The van der Waals surface area contributed by atoms with Crippen molar-refractivity contribution in [1.29, 1.82) is 0 Å². The van der Waals surface area contributed by atoms with Crippen molar-refractivity contribution in [2.45, 2.75) is 26.7 Å². The molecule has 2 aromatic heterocycles. The van der Waals surface area contributed by atoms with Crippen LogP contribution in [-0.2, 0) is 9.47 Å². The molecule has 1 saturated heterocycles. The molecule has 11 heteroatoms. The summed E-state index contributed by atoms with van der Waals surface area (Å²) in [7, 11) is 0. The van der Waals surface area contributed by atoms with Crippen LogP contribution in [0.3, 0.4) is 0 Å². The van der Waals surface area contributed by atoms with Gasteiger partial charge >= 0.3 is 0 Å². The van der Waals surface area contributed by atoms with Crippen LogP contribution in [0.1, 0.15) is 42.1 Å². The van der Waals surface area contributed by atoms with Gasteiger partial charge in [0, 0.05) is 42.2 Å². The maximum Gasteiger partial charge on any atom is 0.261 e. The van der Waals surface area contributed by atoms with E-state index >= 15 is 0 Å². The average molecular weight is 541 g/mol. The number of hydrogen-bond acceptors (Lipinski definition) is 8. The number of thiophene rings is 1. The van der Waals surface area contributed by atoms with Crippen LogP contribution in [0, 0.1) is 0 Å². The Morgan fingerprint density at radius 3 is 2.74 bits per heavy atom. The number of nitrogen functional groups attached to an aromatic ring is 1. The number of morpholine rings is 1. The van der Waals surface area contributed by atoms with Crippen LogP contribution < -0.4 is 11.1 Å². The lowest BCUT2D eigenvalue weighted by Crippen LogP contribution is -2.37. The number of aromatic nitrogens is 2. The Balaban J connectivity index is 1.90. The van der Waals surface area contributed by atoms with Gasteiger partial charge < -0.3 is 20.5 Å². The Labute approximate surface area is 219 Å². The van der Waals surface area contributed by atoms with Gasteiger partial charge in [-0.3, -0.25) is 9.69 Å². The first-order chi connectivity index (χ1) is 16.8. The summed E-state index contributed by atoms with van der Waals surface area (Å²) >= 11 is 14.2. The van der Waals surface area contributed by atoms with Gasteiger partial charge in [0.1, 0.15) is 10.6 Å². The van der Waals surface area contributed by atoms with Gasteiger partial charge in [-0.05, 0) is 31.9 Å². The van der Waals surface area contributed by atoms with Gasteiger partial charge in [-0.15, -0.1) is 11.3 Å². The smallest absolute Gasteiger partial charge is 0.261 e. The highest BCUT2D eigenvalue weighted by Crippen LogP contribution is 2.35. The molecule has 0 spiro atoms. The Morgan fingerprint density at radius 1 is 1.34 bits per heavy atom. The molecule has 3 N–H and O–H groups in total. The lowest BCUT2D eigenvalue weighted by Gasteiger charge is -2.26. The Bertz CT molecular complexity index is 1130. The number of anilines is 1. The number of hydrogen-bond donors (Lipinski definition) is 2. The predicted octanol–water partition coefficient (Wildman–Crippen LogP) is 4.76. The fourth-order valence-corrected chi connectivity index (χ4v) is 4.78. The zero-order valence-electron chi connectivity index (χ0n) is 20.0. The number of rotatable bonds is 11. The molecule has 0 unspecified atom stereocenters. The molecule has 1 amide bonds. The van der Waals surface area contributed by atoms with E-state index in [-0.39, 0.29) is 16.9 Å². The van der Waals surface area contributed by atoms with Crippen LogP contribution in [0.5, 0.6) is 0 Å². The van der Waals surface area contributed by atoms with Crippen LogP contribution >= 0.6 is 34.5 Å². The summed E-state index contributed by atoms with van der Waals surface area (Å²) in [5.41, 5.74) is 6.96. The highest BCUT2D eigenvalue weighted by atomic mass is 35.5. The number of nitrogens with one attached hydrogen (secondary N) is 1. The van der Waals surface area contributed by atoms with Gasteiger partial charge in [-0.2, -0.15) is 0 Å². The predicted molar refractivity (Wildman–Crippen MR) is 144 cm³/mol. The molecule has 0 aromatic carbocycles. The Hall–Kier alpha value is -2.17. The molecule has 35 heavy (non-hydrogen) atoms. The molecular formula is C24H31Cl2N5O3S. The number of nitrogens with zero attached hydrogens (tertiary/aromatic N) is 3. The molecule has 0 bridgehead atoms. The minimum absolute atomic E-state index is 0.0687. The van der Waals surface area contributed by atoms with E-state index in [1.807, 2.05) is 13.8 Å². The summed E-state index contributed by atoms with van der Waals surface area (Å²) in [6, 6.07) is 1.74. The van der Waals surface area contributed by atoms with Gasteiger partial charge in [-0.25, -0.2) is 9.97 Å². The quantitative estimate of drug-likeness (QED) is 0.241. The zero-order valence-corrected chi connectivity index (χ0v) is 22.4. The number of amides is 1. The van der Waals surface area contributed by atoms with Crippen molar-refractivity contribution in [3.63, 3.8) is 0 Å². The lowest BCUT2D eigenvalue weighted by atomic mass is 10.1. The van der Waals surface area contributed by atoms with Gasteiger partial charge in [0.15, 0.2) is 0 Å². The largest absolute Gasteiger partial charge is 0.492 e. The van der Waals surface area contributed by atoms with Crippen LogP contribution in [0.4, 0.5) is 5.95 Å². The lowest BCUT2D eigenvalue weighted by molar-refractivity contribution is 0.0345. The van der Waals surface area contributed by atoms with Gasteiger partial charge in [0.2, 0.25) is 5.95 Å². The molecule has 1 fully saturated rings. The van der Waals surface area contributed by atoms with E-state index in [1.54, 1.807) is 12.1 Å². The minimum Gasteiger partial charge on any atom is -0.492 e. The van der Waals surface area contributed by atoms with Crippen molar-refractivity contribution in [3.05, 3.63) is 45.1 Å². The summed E-state index contributed by atoms with van der Waals surface area (Å²) in [5, 5.41) is 4.24. The topological polar surface area (TPSA) is 103 Å². The molecule has 2 aromatic rings. The second-order valence-electron chi connectivity index (χ2n) is 7.86. The summed E-state index contributed by atoms with van der Waals surface area (Å²) < 4.78 is 11.5. The molecule has 0 aliphatic carbocycles. The summed E-state index contributed by atoms with van der Waals surface area (Å²) in [5.74, 6) is 0.380. The number of halogens is 2. The second kappa shape index (κ2) is 13.2. The third-order valence-electron chi connectivity index (χ3n) is 5.35. The first kappa shape index (κ1) is 27.4. The second-order valence-corrected chi connectivity index (χ2v) is 9.80. The maximum absolute atomic E-state index is 12.4. The van der Waals surface area contributed by atoms with Crippen molar-refractivity contribution >= 4 is 62.2 Å². The molecule has 0 atom stereocenters. The van der Waals surface area contributed by atoms with E-state index in [1.165, 1.54) is 11.3 Å². The van der Waals surface area contributed by atoms with Crippen LogP contribution in [0.15, 0.2) is 34.5 Å². The summed E-state index contributed by atoms with van der Waals surface area (Å²) in [6.45, 7) is 13.0. The molecule has 0 saturated carbocycles. The van der Waals surface area contributed by atoms with Crippen LogP contribution in [0.2, 0.25) is 0 Å². The summed E-state index contributed by atoms with van der Waals surface area (Å²) in [4.78, 5) is 24.5. The van der Waals surface area contributed by atoms with Crippen molar-refractivity contribution in [1.82, 2.24) is 20.2 Å². The van der Waals surface area contributed by atoms with E-state index in [0.29, 0.717) is 56.7 Å². The Morgan fingerprint density at radius 2 is 2.09 bits per heavy atom. The number of fused-ring (bicyclic) bond motifs is 1. The maximum atomic E-state index is 12.4. The molecule has 3 rings (SSSR count). The molecule has 1 aliphatic heterocycles. The Kier molecular flexibility index (Phi) is 10.4. The van der Waals surface area contributed by atoms with Gasteiger partial charge in [0.25, 0.3) is 5.91 Å². The molecule has 0 radical (unpaired) electrons. The number of allylic oxidation sites excluding steroid dienone is 4. The van der Waals surface area contributed by atoms with Crippen molar-refractivity contribution in [2.24, 2.45) is 0 Å². The third kappa shape index (κ3) is 7.41. The SMILES string of the molecule is C=C(Cl)/C(=C\C(OCCCN1CCOCC1)=C(\Cl)CC)c1nc(N)nc2sc(C(=O)NCC)cc12. The average Bonchev–Trinajstić information content (AvgIpc) is 3.27. The van der Waals surface area contributed by atoms with Crippen molar-refractivity contribution < 1.29 is 14.3 Å². The minimum atomic E-state index is -0.187. The first-order valence-corrected chi connectivity index (χ1v) is 13.1. The van der Waals surface area contributed by atoms with E-state index < -0.39 is 0 Å². The van der Waals surface area contributed by atoms with E-state index in [4.69, 9.17) is 38.4 Å².